The summed E-state index contributed by atoms with van der Waals surface area (Å²) in [4.78, 5) is 35.4. The van der Waals surface area contributed by atoms with E-state index in [-0.39, 0.29) is 24.6 Å². The first kappa shape index (κ1) is 18.8. The minimum Gasteiger partial charge on any atom is -0.339 e. The van der Waals surface area contributed by atoms with E-state index >= 15 is 0 Å². The van der Waals surface area contributed by atoms with Crippen molar-refractivity contribution in [2.75, 3.05) is 6.54 Å². The van der Waals surface area contributed by atoms with E-state index in [1.165, 1.54) is 10.9 Å². The van der Waals surface area contributed by atoms with E-state index in [0.717, 1.165) is 0 Å². The first-order chi connectivity index (χ1) is 13.0. The van der Waals surface area contributed by atoms with Crippen LogP contribution in [0, 0.1) is 5.92 Å². The van der Waals surface area contributed by atoms with Crippen LogP contribution in [0.15, 0.2) is 39.9 Å². The van der Waals surface area contributed by atoms with Crippen LogP contribution in [0.2, 0.25) is 0 Å². The molecule has 0 aliphatic carbocycles. The van der Waals surface area contributed by atoms with Crippen LogP contribution in [-0.2, 0) is 24.3 Å². The standard InChI is InChI=1S/C19H23N5O3/c1-4-23(10-16-21-17(27-22-16)9-13(2)3)18(25)11-24-12-20-15-8-6-5-7-14(15)19(24)26/h5-8,12-13H,4,9-11H2,1-3H3. The molecular formula is C19H23N5O3. The number of aromatic nitrogens is 4. The SMILES string of the molecule is CCN(Cc1noc(CC(C)C)n1)C(=O)Cn1cnc2ccccc2c1=O. The number of carbonyl (C=O) groups excluding carboxylic acids is 1. The zero-order chi connectivity index (χ0) is 19.4. The van der Waals surface area contributed by atoms with Gasteiger partial charge in [-0.2, -0.15) is 4.98 Å². The zero-order valence-electron chi connectivity index (χ0n) is 15.8. The summed E-state index contributed by atoms with van der Waals surface area (Å²) in [5.41, 5.74) is 0.381. The number of nitrogens with zero attached hydrogens (tertiary/aromatic N) is 5. The summed E-state index contributed by atoms with van der Waals surface area (Å²) >= 11 is 0. The number of likely N-dealkylation sites (N-methyl/N-ethyl adjacent to an activating group) is 1. The summed E-state index contributed by atoms with van der Waals surface area (Å²) in [6.07, 6.45) is 2.11. The van der Waals surface area contributed by atoms with Gasteiger partial charge in [0.2, 0.25) is 11.8 Å². The molecule has 1 aromatic carbocycles. The maximum absolute atomic E-state index is 12.7. The number of para-hydroxylation sites is 1. The number of carbonyl (C=O) groups is 1. The van der Waals surface area contributed by atoms with Crippen molar-refractivity contribution < 1.29 is 9.32 Å². The number of hydrogen-bond acceptors (Lipinski definition) is 6. The molecule has 0 N–H and O–H groups in total. The number of rotatable bonds is 7. The van der Waals surface area contributed by atoms with E-state index in [1.807, 2.05) is 13.0 Å². The van der Waals surface area contributed by atoms with Gasteiger partial charge in [-0.15, -0.1) is 0 Å². The van der Waals surface area contributed by atoms with Crippen LogP contribution in [-0.4, -0.2) is 37.0 Å². The second-order valence-electron chi connectivity index (χ2n) is 6.81. The van der Waals surface area contributed by atoms with E-state index in [4.69, 9.17) is 4.52 Å². The van der Waals surface area contributed by atoms with E-state index in [0.29, 0.717) is 41.5 Å². The minimum atomic E-state index is -0.233. The van der Waals surface area contributed by atoms with Crippen molar-refractivity contribution in [3.8, 4) is 0 Å². The van der Waals surface area contributed by atoms with Gasteiger partial charge in [-0.1, -0.05) is 31.1 Å². The highest BCUT2D eigenvalue weighted by Gasteiger charge is 2.17. The topological polar surface area (TPSA) is 94.1 Å². The fourth-order valence-corrected chi connectivity index (χ4v) is 2.80. The summed E-state index contributed by atoms with van der Waals surface area (Å²) < 4.78 is 6.55. The fourth-order valence-electron chi connectivity index (χ4n) is 2.80. The summed E-state index contributed by atoms with van der Waals surface area (Å²) in [7, 11) is 0. The lowest BCUT2D eigenvalue weighted by Crippen LogP contribution is -2.36. The van der Waals surface area contributed by atoms with Crippen LogP contribution in [0.1, 0.15) is 32.5 Å². The van der Waals surface area contributed by atoms with Crippen LogP contribution in [0.4, 0.5) is 0 Å². The van der Waals surface area contributed by atoms with Crippen molar-refractivity contribution >= 4 is 16.8 Å². The monoisotopic (exact) mass is 369 g/mol. The Morgan fingerprint density at radius 1 is 1.30 bits per heavy atom. The summed E-state index contributed by atoms with van der Waals surface area (Å²) in [6.45, 7) is 6.65. The van der Waals surface area contributed by atoms with Gasteiger partial charge in [0.15, 0.2) is 5.82 Å². The van der Waals surface area contributed by atoms with Crippen LogP contribution >= 0.6 is 0 Å². The van der Waals surface area contributed by atoms with Crippen molar-refractivity contribution in [1.29, 1.82) is 0 Å². The molecule has 1 amide bonds. The Morgan fingerprint density at radius 2 is 2.07 bits per heavy atom. The quantitative estimate of drug-likeness (QED) is 0.632. The molecule has 0 saturated carbocycles. The molecule has 0 aliphatic rings. The molecule has 0 unspecified atom stereocenters. The molecule has 0 bridgehead atoms. The first-order valence-electron chi connectivity index (χ1n) is 9.01. The second-order valence-corrected chi connectivity index (χ2v) is 6.81. The van der Waals surface area contributed by atoms with Gasteiger partial charge in [0.1, 0.15) is 6.54 Å². The van der Waals surface area contributed by atoms with Gasteiger partial charge >= 0.3 is 0 Å². The van der Waals surface area contributed by atoms with Crippen LogP contribution in [0.3, 0.4) is 0 Å². The zero-order valence-corrected chi connectivity index (χ0v) is 15.8. The average molecular weight is 369 g/mol. The third kappa shape index (κ3) is 4.39. The van der Waals surface area contributed by atoms with Crippen molar-refractivity contribution in [2.24, 2.45) is 5.92 Å². The third-order valence-electron chi connectivity index (χ3n) is 4.20. The van der Waals surface area contributed by atoms with E-state index < -0.39 is 0 Å². The molecule has 8 heteroatoms. The summed E-state index contributed by atoms with van der Waals surface area (Å²) in [5, 5.41) is 4.44. The van der Waals surface area contributed by atoms with E-state index in [2.05, 4.69) is 29.0 Å². The number of amides is 1. The largest absolute Gasteiger partial charge is 0.339 e. The summed E-state index contributed by atoms with van der Waals surface area (Å²) in [5.74, 6) is 1.24. The lowest BCUT2D eigenvalue weighted by atomic mass is 10.1. The van der Waals surface area contributed by atoms with Crippen molar-refractivity contribution in [1.82, 2.24) is 24.6 Å². The molecule has 2 aromatic heterocycles. The summed E-state index contributed by atoms with van der Waals surface area (Å²) in [6, 6.07) is 7.08. The maximum atomic E-state index is 12.7. The van der Waals surface area contributed by atoms with Crippen molar-refractivity contribution in [2.45, 2.75) is 40.3 Å². The van der Waals surface area contributed by atoms with Crippen LogP contribution < -0.4 is 5.56 Å². The number of fused-ring (bicyclic) bond motifs is 1. The van der Waals surface area contributed by atoms with Gasteiger partial charge in [0, 0.05) is 13.0 Å². The lowest BCUT2D eigenvalue weighted by molar-refractivity contribution is -0.132. The van der Waals surface area contributed by atoms with Gasteiger partial charge in [0.05, 0.1) is 23.8 Å². The molecular weight excluding hydrogens is 346 g/mol. The Labute approximate surface area is 156 Å². The highest BCUT2D eigenvalue weighted by molar-refractivity contribution is 5.78. The molecule has 0 atom stereocenters. The molecule has 8 nitrogen and oxygen atoms in total. The molecule has 27 heavy (non-hydrogen) atoms. The average Bonchev–Trinajstić information content (AvgIpc) is 3.08. The van der Waals surface area contributed by atoms with Crippen molar-refractivity contribution in [3.05, 3.63) is 52.7 Å². The van der Waals surface area contributed by atoms with Gasteiger partial charge in [-0.25, -0.2) is 4.98 Å². The second kappa shape index (κ2) is 8.11. The molecule has 0 saturated heterocycles. The molecule has 3 rings (SSSR count). The maximum Gasteiger partial charge on any atom is 0.261 e. The highest BCUT2D eigenvalue weighted by atomic mass is 16.5. The lowest BCUT2D eigenvalue weighted by Gasteiger charge is -2.19. The Bertz CT molecular complexity index is 992. The molecule has 2 heterocycles. The van der Waals surface area contributed by atoms with Gasteiger partial charge < -0.3 is 9.42 Å². The smallest absolute Gasteiger partial charge is 0.261 e. The molecule has 0 fully saturated rings. The number of hydrogen-bond donors (Lipinski definition) is 0. The van der Waals surface area contributed by atoms with E-state index in [1.54, 1.807) is 23.1 Å². The normalized spacial score (nSPS) is 11.3. The van der Waals surface area contributed by atoms with Crippen LogP contribution in [0.5, 0.6) is 0 Å². The Morgan fingerprint density at radius 3 is 2.81 bits per heavy atom. The van der Waals surface area contributed by atoms with Crippen LogP contribution in [0.25, 0.3) is 10.9 Å². The van der Waals surface area contributed by atoms with Gasteiger partial charge in [-0.05, 0) is 25.0 Å². The Hall–Kier alpha value is -3.03. The number of benzene rings is 1. The fraction of sp³-hybridized carbons (Fsp3) is 0.421. The third-order valence-corrected chi connectivity index (χ3v) is 4.20. The van der Waals surface area contributed by atoms with Crippen molar-refractivity contribution in [3.63, 3.8) is 0 Å². The Balaban J connectivity index is 1.73. The predicted octanol–water partition coefficient (Wildman–Crippen LogP) is 2.03. The minimum absolute atomic E-state index is 0.0821. The molecule has 142 valence electrons. The highest BCUT2D eigenvalue weighted by Crippen LogP contribution is 2.08. The molecule has 3 aromatic rings. The first-order valence-corrected chi connectivity index (χ1v) is 9.01. The molecule has 0 spiro atoms. The Kier molecular flexibility index (Phi) is 5.63. The molecule has 0 aliphatic heterocycles. The predicted molar refractivity (Wildman–Crippen MR) is 99.9 cm³/mol. The van der Waals surface area contributed by atoms with E-state index in [9.17, 15) is 9.59 Å². The molecule has 0 radical (unpaired) electrons. The van der Waals surface area contributed by atoms with Gasteiger partial charge in [0.25, 0.3) is 5.56 Å². The van der Waals surface area contributed by atoms with Gasteiger partial charge in [-0.3, -0.25) is 14.2 Å².